The number of hydrogen-bond acceptors (Lipinski definition) is 3. The Morgan fingerprint density at radius 2 is 1.82 bits per heavy atom. The molecule has 4 aromatic rings. The van der Waals surface area contributed by atoms with Gasteiger partial charge in [-0.05, 0) is 29.2 Å². The Morgan fingerprint density at radius 1 is 1.07 bits per heavy atom. The summed E-state index contributed by atoms with van der Waals surface area (Å²) in [5.41, 5.74) is 3.01. The van der Waals surface area contributed by atoms with Crippen LogP contribution in [0.15, 0.2) is 65.6 Å². The zero-order chi connectivity index (χ0) is 19.5. The molecule has 5 heteroatoms. The first kappa shape index (κ1) is 18.1. The largest absolute Gasteiger partial charge is 0.341 e. The van der Waals surface area contributed by atoms with E-state index in [2.05, 4.69) is 16.8 Å². The monoisotopic (exact) mass is 388 g/mol. The Morgan fingerprint density at radius 3 is 2.57 bits per heavy atom. The van der Waals surface area contributed by atoms with Crippen molar-refractivity contribution in [2.24, 2.45) is 7.05 Å². The van der Waals surface area contributed by atoms with E-state index >= 15 is 0 Å². The Balaban J connectivity index is 1.64. The molecular formula is C23H17FN2OS. The van der Waals surface area contributed by atoms with Crippen LogP contribution in [0, 0.1) is 17.7 Å². The van der Waals surface area contributed by atoms with E-state index in [-0.39, 0.29) is 11.2 Å². The number of halogens is 1. The fourth-order valence-electron chi connectivity index (χ4n) is 3.02. The van der Waals surface area contributed by atoms with Gasteiger partial charge in [0.15, 0.2) is 5.01 Å². The molecular weight excluding hydrogens is 371 g/mol. The number of benzene rings is 2. The summed E-state index contributed by atoms with van der Waals surface area (Å²) in [4.78, 5) is 18.1. The van der Waals surface area contributed by atoms with Crippen molar-refractivity contribution in [1.29, 1.82) is 0 Å². The minimum Gasteiger partial charge on any atom is -0.341 e. The Bertz CT molecular complexity index is 1250. The smallest absolute Gasteiger partial charge is 0.212 e. The van der Waals surface area contributed by atoms with Gasteiger partial charge >= 0.3 is 0 Å². The topological polar surface area (TPSA) is 34.9 Å². The van der Waals surface area contributed by atoms with Gasteiger partial charge in [-0.1, -0.05) is 59.7 Å². The molecule has 0 N–H and O–H groups in total. The highest BCUT2D eigenvalue weighted by Crippen LogP contribution is 2.20. The van der Waals surface area contributed by atoms with E-state index in [0.717, 1.165) is 16.0 Å². The fourth-order valence-corrected chi connectivity index (χ4v) is 3.90. The average molecular weight is 388 g/mol. The predicted octanol–water partition coefficient (Wildman–Crippen LogP) is 4.32. The number of nitrogens with zero attached hydrogens (tertiary/aromatic N) is 2. The van der Waals surface area contributed by atoms with Gasteiger partial charge in [-0.25, -0.2) is 9.37 Å². The van der Waals surface area contributed by atoms with Crippen LogP contribution in [0.25, 0.3) is 10.3 Å². The highest BCUT2D eigenvalue weighted by Gasteiger charge is 2.13. The van der Waals surface area contributed by atoms with Crippen molar-refractivity contribution in [3.8, 4) is 11.8 Å². The molecule has 0 aliphatic rings. The normalized spacial score (nSPS) is 10.6. The molecule has 0 aliphatic heterocycles. The number of rotatable bonds is 3. The van der Waals surface area contributed by atoms with Crippen LogP contribution in [0.3, 0.4) is 0 Å². The van der Waals surface area contributed by atoms with Crippen LogP contribution in [-0.2, 0) is 19.9 Å². The molecule has 0 saturated carbocycles. The molecule has 2 aromatic carbocycles. The van der Waals surface area contributed by atoms with Crippen molar-refractivity contribution in [3.63, 3.8) is 0 Å². The number of hydrogen-bond donors (Lipinski definition) is 0. The van der Waals surface area contributed by atoms with Gasteiger partial charge in [0.05, 0.1) is 0 Å². The number of aromatic nitrogens is 2. The van der Waals surface area contributed by atoms with E-state index in [4.69, 9.17) is 0 Å². The minimum absolute atomic E-state index is 0.0928. The lowest BCUT2D eigenvalue weighted by molar-refractivity contribution is 0.627. The second-order valence-corrected chi connectivity index (χ2v) is 7.51. The molecule has 0 spiro atoms. The standard InChI is InChI=1S/C23H17FN2OS/c1-26-15-18(14-17-10-12-19(24)13-11-17)22(27)21-23(26)28-20(25-21)9-5-8-16-6-3-2-4-7-16/h2-4,6-7,10-13,15H,8,14H2,1H3. The van der Waals surface area contributed by atoms with Crippen molar-refractivity contribution < 1.29 is 4.39 Å². The van der Waals surface area contributed by atoms with Crippen LogP contribution in [0.5, 0.6) is 0 Å². The molecule has 28 heavy (non-hydrogen) atoms. The molecule has 0 amide bonds. The summed E-state index contributed by atoms with van der Waals surface area (Å²) in [5.74, 6) is 5.92. The summed E-state index contributed by atoms with van der Waals surface area (Å²) in [6, 6.07) is 16.2. The summed E-state index contributed by atoms with van der Waals surface area (Å²) in [6.45, 7) is 0. The maximum Gasteiger partial charge on any atom is 0.212 e. The summed E-state index contributed by atoms with van der Waals surface area (Å²) >= 11 is 1.42. The molecule has 0 atom stereocenters. The van der Waals surface area contributed by atoms with Crippen molar-refractivity contribution in [1.82, 2.24) is 9.55 Å². The number of aryl methyl sites for hydroxylation is 1. The molecule has 0 fully saturated rings. The maximum absolute atomic E-state index is 13.1. The first-order valence-corrected chi connectivity index (χ1v) is 9.68. The molecule has 3 nitrogen and oxygen atoms in total. The third kappa shape index (κ3) is 3.88. The van der Waals surface area contributed by atoms with Gasteiger partial charge in [0.25, 0.3) is 0 Å². The second kappa shape index (κ2) is 7.79. The minimum atomic E-state index is -0.287. The van der Waals surface area contributed by atoms with Gasteiger partial charge in [0.1, 0.15) is 16.2 Å². The average Bonchev–Trinajstić information content (AvgIpc) is 3.14. The van der Waals surface area contributed by atoms with Crippen LogP contribution in [0.1, 0.15) is 21.7 Å². The zero-order valence-corrected chi connectivity index (χ0v) is 16.1. The Hall–Kier alpha value is -3.23. The van der Waals surface area contributed by atoms with Crippen molar-refractivity contribution in [3.05, 3.63) is 98.5 Å². The molecule has 0 bridgehead atoms. The van der Waals surface area contributed by atoms with Crippen LogP contribution in [-0.4, -0.2) is 9.55 Å². The zero-order valence-electron chi connectivity index (χ0n) is 15.3. The van der Waals surface area contributed by atoms with Crippen LogP contribution < -0.4 is 5.43 Å². The van der Waals surface area contributed by atoms with E-state index in [0.29, 0.717) is 28.9 Å². The number of pyridine rings is 1. The van der Waals surface area contributed by atoms with Crippen LogP contribution in [0.4, 0.5) is 4.39 Å². The second-order valence-electron chi connectivity index (χ2n) is 6.53. The first-order chi connectivity index (χ1) is 13.6. The van der Waals surface area contributed by atoms with Gasteiger partial charge in [-0.15, -0.1) is 0 Å². The molecule has 4 rings (SSSR count). The van der Waals surface area contributed by atoms with Crippen molar-refractivity contribution in [2.75, 3.05) is 0 Å². The number of fused-ring (bicyclic) bond motifs is 1. The van der Waals surface area contributed by atoms with Gasteiger partial charge < -0.3 is 4.57 Å². The van der Waals surface area contributed by atoms with Crippen molar-refractivity contribution >= 4 is 21.7 Å². The lowest BCUT2D eigenvalue weighted by Crippen LogP contribution is -2.13. The maximum atomic E-state index is 13.1. The Kier molecular flexibility index (Phi) is 5.05. The predicted molar refractivity (Wildman–Crippen MR) is 111 cm³/mol. The highest BCUT2D eigenvalue weighted by atomic mass is 32.1. The summed E-state index contributed by atoms with van der Waals surface area (Å²) in [7, 11) is 1.90. The van der Waals surface area contributed by atoms with Crippen molar-refractivity contribution in [2.45, 2.75) is 12.8 Å². The van der Waals surface area contributed by atoms with Gasteiger partial charge in [-0.3, -0.25) is 4.79 Å². The summed E-state index contributed by atoms with van der Waals surface area (Å²) in [5, 5.41) is 0.637. The van der Waals surface area contributed by atoms with Crippen LogP contribution in [0.2, 0.25) is 0 Å². The molecule has 0 unspecified atom stereocenters. The molecule has 0 radical (unpaired) electrons. The van der Waals surface area contributed by atoms with Gasteiger partial charge in [-0.2, -0.15) is 0 Å². The van der Waals surface area contributed by atoms with Gasteiger partial charge in [0, 0.05) is 31.6 Å². The highest BCUT2D eigenvalue weighted by molar-refractivity contribution is 7.18. The van der Waals surface area contributed by atoms with E-state index in [1.54, 1.807) is 12.1 Å². The fraction of sp³-hybridized carbons (Fsp3) is 0.130. The molecule has 2 aromatic heterocycles. The van der Waals surface area contributed by atoms with E-state index in [1.165, 1.54) is 23.5 Å². The third-order valence-electron chi connectivity index (χ3n) is 4.42. The van der Waals surface area contributed by atoms with Gasteiger partial charge in [0.2, 0.25) is 5.43 Å². The quantitative estimate of drug-likeness (QED) is 0.490. The lowest BCUT2D eigenvalue weighted by Gasteiger charge is -2.05. The molecule has 0 aliphatic carbocycles. The molecule has 0 saturated heterocycles. The molecule has 2 heterocycles. The van der Waals surface area contributed by atoms with Crippen LogP contribution >= 0.6 is 11.3 Å². The molecule has 138 valence electrons. The number of thiazole rings is 1. The van der Waals surface area contributed by atoms with E-state index in [9.17, 15) is 9.18 Å². The first-order valence-electron chi connectivity index (χ1n) is 8.86. The SMILES string of the molecule is Cn1cc(Cc2ccc(F)cc2)c(=O)c2nc(C#CCc3ccccc3)sc21. The van der Waals surface area contributed by atoms with E-state index < -0.39 is 0 Å². The Labute approximate surface area is 166 Å². The summed E-state index contributed by atoms with van der Waals surface area (Å²) < 4.78 is 15.0. The van der Waals surface area contributed by atoms with E-state index in [1.807, 2.05) is 48.1 Å². The summed E-state index contributed by atoms with van der Waals surface area (Å²) in [6.07, 6.45) is 2.91. The third-order valence-corrected chi connectivity index (χ3v) is 5.49. The lowest BCUT2D eigenvalue weighted by atomic mass is 10.1.